The van der Waals surface area contributed by atoms with Crippen molar-refractivity contribution in [2.45, 2.75) is 18.9 Å². The Morgan fingerprint density at radius 2 is 2.15 bits per heavy atom. The lowest BCUT2D eigenvalue weighted by Gasteiger charge is -2.20. The molecule has 1 unspecified atom stereocenters. The first-order valence-electron chi connectivity index (χ1n) is 3.56. The first-order chi connectivity index (χ1) is 5.87. The monoisotopic (exact) mass is 185 g/mol. The molecule has 0 aromatic heterocycles. The van der Waals surface area contributed by atoms with Crippen LogP contribution in [0.25, 0.3) is 0 Å². The average molecular weight is 185 g/mol. The zero-order valence-corrected chi connectivity index (χ0v) is 7.20. The lowest BCUT2D eigenvalue weighted by Crippen LogP contribution is -2.41. The third-order valence-corrected chi connectivity index (χ3v) is 1.29. The van der Waals surface area contributed by atoms with Gasteiger partial charge < -0.3 is 15.5 Å². The molecule has 1 atom stereocenters. The van der Waals surface area contributed by atoms with Gasteiger partial charge in [0.1, 0.15) is 0 Å². The Kier molecular flexibility index (Phi) is 3.95. The molecule has 0 saturated heterocycles. The van der Waals surface area contributed by atoms with E-state index in [-0.39, 0.29) is 6.54 Å². The van der Waals surface area contributed by atoms with Crippen LogP contribution in [-0.4, -0.2) is 34.2 Å². The number of hydrogen-bond donors (Lipinski definition) is 3. The van der Waals surface area contributed by atoms with Crippen molar-refractivity contribution in [3.63, 3.8) is 0 Å². The summed E-state index contributed by atoms with van der Waals surface area (Å²) in [6.07, 6.45) is 4.30. The lowest BCUT2D eigenvalue weighted by atomic mass is 10.0. The predicted molar refractivity (Wildman–Crippen MR) is 44.7 cm³/mol. The summed E-state index contributed by atoms with van der Waals surface area (Å²) in [7, 11) is 0. The fourth-order valence-electron chi connectivity index (χ4n) is 0.710. The smallest absolute Gasteiger partial charge is 0.306 e. The van der Waals surface area contributed by atoms with Crippen molar-refractivity contribution in [2.75, 3.05) is 6.54 Å². The Bertz CT molecular complexity index is 251. The van der Waals surface area contributed by atoms with Gasteiger partial charge in [0.05, 0.1) is 12.0 Å². The zero-order valence-electron chi connectivity index (χ0n) is 7.20. The molecule has 0 heterocycles. The first-order valence-corrected chi connectivity index (χ1v) is 3.56. The van der Waals surface area contributed by atoms with E-state index in [1.807, 2.05) is 0 Å². The molecule has 0 aliphatic heterocycles. The van der Waals surface area contributed by atoms with Gasteiger partial charge in [-0.15, -0.1) is 6.42 Å². The van der Waals surface area contributed by atoms with E-state index in [0.717, 1.165) is 0 Å². The number of carbonyl (C=O) groups excluding carboxylic acids is 1. The number of rotatable bonds is 4. The van der Waals surface area contributed by atoms with Gasteiger partial charge in [0.2, 0.25) is 0 Å². The summed E-state index contributed by atoms with van der Waals surface area (Å²) in [4.78, 5) is 20.8. The van der Waals surface area contributed by atoms with E-state index in [1.165, 1.54) is 6.92 Å². The van der Waals surface area contributed by atoms with Gasteiger partial charge in [-0.2, -0.15) is 0 Å². The SMILES string of the molecule is C#CC(=O)NCC(C)(O)CC(=O)O. The van der Waals surface area contributed by atoms with Crippen molar-refractivity contribution < 1.29 is 19.8 Å². The van der Waals surface area contributed by atoms with Crippen molar-refractivity contribution in [3.8, 4) is 12.3 Å². The number of aliphatic carboxylic acids is 1. The highest BCUT2D eigenvalue weighted by Crippen LogP contribution is 2.06. The van der Waals surface area contributed by atoms with Gasteiger partial charge in [-0.25, -0.2) is 0 Å². The summed E-state index contributed by atoms with van der Waals surface area (Å²) in [6.45, 7) is 1.13. The molecule has 5 heteroatoms. The Hall–Kier alpha value is -1.54. The van der Waals surface area contributed by atoms with Crippen LogP contribution in [0.5, 0.6) is 0 Å². The molecule has 0 fully saturated rings. The fourth-order valence-corrected chi connectivity index (χ4v) is 0.710. The molecule has 0 bridgehead atoms. The molecule has 0 aliphatic rings. The molecule has 0 spiro atoms. The maximum atomic E-state index is 10.5. The standard InChI is InChI=1S/C8H11NO4/c1-3-6(10)9-5-8(2,13)4-7(11)12/h1,13H,4-5H2,2H3,(H,9,10)(H,11,12). The van der Waals surface area contributed by atoms with Gasteiger partial charge in [0, 0.05) is 6.54 Å². The molecule has 0 aromatic carbocycles. The van der Waals surface area contributed by atoms with Gasteiger partial charge in [-0.1, -0.05) is 0 Å². The Morgan fingerprint density at radius 1 is 1.62 bits per heavy atom. The van der Waals surface area contributed by atoms with Crippen LogP contribution in [0.2, 0.25) is 0 Å². The van der Waals surface area contributed by atoms with Crippen LogP contribution in [-0.2, 0) is 9.59 Å². The van der Waals surface area contributed by atoms with Crippen molar-refractivity contribution in [1.29, 1.82) is 0 Å². The summed E-state index contributed by atoms with van der Waals surface area (Å²) in [6, 6.07) is 0. The molecule has 1 amide bonds. The molecule has 0 saturated carbocycles. The van der Waals surface area contributed by atoms with Crippen molar-refractivity contribution in [1.82, 2.24) is 5.32 Å². The highest BCUT2D eigenvalue weighted by molar-refractivity contribution is 5.92. The molecular formula is C8H11NO4. The third-order valence-electron chi connectivity index (χ3n) is 1.29. The van der Waals surface area contributed by atoms with Gasteiger partial charge in [0.15, 0.2) is 0 Å². The average Bonchev–Trinajstić information content (AvgIpc) is 1.98. The largest absolute Gasteiger partial charge is 0.481 e. The van der Waals surface area contributed by atoms with Crippen LogP contribution < -0.4 is 5.32 Å². The summed E-state index contributed by atoms with van der Waals surface area (Å²) in [5.41, 5.74) is -1.47. The van der Waals surface area contributed by atoms with E-state index >= 15 is 0 Å². The van der Waals surface area contributed by atoms with Crippen molar-refractivity contribution >= 4 is 11.9 Å². The Labute approximate surface area is 75.8 Å². The molecule has 72 valence electrons. The van der Waals surface area contributed by atoms with E-state index in [1.54, 1.807) is 5.92 Å². The molecule has 13 heavy (non-hydrogen) atoms. The number of aliphatic hydroxyl groups is 1. The second-order valence-electron chi connectivity index (χ2n) is 2.89. The minimum Gasteiger partial charge on any atom is -0.481 e. The molecule has 0 rings (SSSR count). The highest BCUT2D eigenvalue weighted by Gasteiger charge is 2.24. The van der Waals surface area contributed by atoms with Crippen LogP contribution in [0.15, 0.2) is 0 Å². The number of amides is 1. The van der Waals surface area contributed by atoms with Crippen molar-refractivity contribution in [3.05, 3.63) is 0 Å². The maximum Gasteiger partial charge on any atom is 0.306 e. The predicted octanol–water partition coefficient (Wildman–Crippen LogP) is -1.04. The molecule has 3 N–H and O–H groups in total. The van der Waals surface area contributed by atoms with Gasteiger partial charge >= 0.3 is 5.97 Å². The Balaban J connectivity index is 3.97. The van der Waals surface area contributed by atoms with Crippen LogP contribution in [0.4, 0.5) is 0 Å². The first kappa shape index (κ1) is 11.5. The number of carboxylic acids is 1. The minimum atomic E-state index is -1.47. The summed E-state index contributed by atoms with van der Waals surface area (Å²) >= 11 is 0. The number of nitrogens with one attached hydrogen (secondary N) is 1. The van der Waals surface area contributed by atoms with Gasteiger partial charge in [0.25, 0.3) is 5.91 Å². The van der Waals surface area contributed by atoms with E-state index in [2.05, 4.69) is 5.32 Å². The second-order valence-corrected chi connectivity index (χ2v) is 2.89. The number of hydrogen-bond acceptors (Lipinski definition) is 3. The van der Waals surface area contributed by atoms with Gasteiger partial charge in [-0.05, 0) is 12.8 Å². The fraction of sp³-hybridized carbons (Fsp3) is 0.500. The van der Waals surface area contributed by atoms with E-state index in [0.29, 0.717) is 0 Å². The summed E-state index contributed by atoms with van der Waals surface area (Å²) in [5.74, 6) is -0.0320. The number of carbonyl (C=O) groups is 2. The van der Waals surface area contributed by atoms with Crippen molar-refractivity contribution in [2.24, 2.45) is 0 Å². The van der Waals surface area contributed by atoms with Crippen LogP contribution in [0, 0.1) is 12.3 Å². The second kappa shape index (κ2) is 4.48. The molecular weight excluding hydrogens is 174 g/mol. The van der Waals surface area contributed by atoms with E-state index in [4.69, 9.17) is 11.5 Å². The highest BCUT2D eigenvalue weighted by atomic mass is 16.4. The zero-order chi connectivity index (χ0) is 10.5. The minimum absolute atomic E-state index is 0.178. The normalized spacial score (nSPS) is 13.9. The number of terminal acetylenes is 1. The quantitative estimate of drug-likeness (QED) is 0.488. The molecule has 0 aromatic rings. The van der Waals surface area contributed by atoms with E-state index < -0.39 is 23.9 Å². The van der Waals surface area contributed by atoms with Crippen LogP contribution in [0.3, 0.4) is 0 Å². The topological polar surface area (TPSA) is 86.6 Å². The summed E-state index contributed by atoms with van der Waals surface area (Å²) < 4.78 is 0. The van der Waals surface area contributed by atoms with Crippen LogP contribution >= 0.6 is 0 Å². The molecule has 5 nitrogen and oxygen atoms in total. The third kappa shape index (κ3) is 5.70. The Morgan fingerprint density at radius 3 is 2.54 bits per heavy atom. The lowest BCUT2D eigenvalue weighted by molar-refractivity contribution is -0.142. The number of carboxylic acid groups (broad SMARTS) is 1. The van der Waals surface area contributed by atoms with Gasteiger partial charge in [-0.3, -0.25) is 9.59 Å². The maximum absolute atomic E-state index is 10.5. The molecule has 0 radical (unpaired) electrons. The summed E-state index contributed by atoms with van der Waals surface area (Å²) in [5, 5.41) is 19.9. The van der Waals surface area contributed by atoms with Crippen LogP contribution in [0.1, 0.15) is 13.3 Å². The molecule has 0 aliphatic carbocycles. The van der Waals surface area contributed by atoms with E-state index in [9.17, 15) is 14.7 Å².